The third kappa shape index (κ3) is 40.4. The molecule has 3 aliphatic heterocycles. The van der Waals surface area contributed by atoms with E-state index in [-0.39, 0.29) is 196 Å². The molecule has 0 aliphatic carbocycles. The predicted octanol–water partition coefficient (Wildman–Crippen LogP) is -2.36. The summed E-state index contributed by atoms with van der Waals surface area (Å²) in [7, 11) is 0. The monoisotopic (exact) mass is 1540 g/mol. The summed E-state index contributed by atoms with van der Waals surface area (Å²) in [5, 5.41) is 136. The number of amides is 6. The first kappa shape index (κ1) is 96.5. The normalized spacial score (nSPS) is 25.1. The van der Waals surface area contributed by atoms with Crippen LogP contribution in [0.5, 0.6) is 0 Å². The third-order valence-electron chi connectivity index (χ3n) is 18.4. The molecule has 3 saturated heterocycles. The van der Waals surface area contributed by atoms with E-state index in [9.17, 15) is 99.6 Å². The number of nitrogens with one attached hydrogen (secondary N) is 6. The third-order valence-corrected chi connectivity index (χ3v) is 18.4. The highest BCUT2D eigenvalue weighted by Crippen LogP contribution is 2.26. The van der Waals surface area contributed by atoms with Crippen LogP contribution in [-0.2, 0) is 81.0 Å². The molecule has 18 N–H and O–H groups in total. The molecular weight excluding hydrogens is 1410 g/mol. The zero-order valence-electron chi connectivity index (χ0n) is 63.1. The minimum atomic E-state index is -1.57. The second kappa shape index (κ2) is 55.7. The molecule has 35 nitrogen and oxygen atoms in total. The van der Waals surface area contributed by atoms with Crippen LogP contribution in [0.3, 0.4) is 0 Å². The van der Waals surface area contributed by atoms with Gasteiger partial charge in [0.15, 0.2) is 18.9 Å². The zero-order valence-corrected chi connectivity index (χ0v) is 63.1. The van der Waals surface area contributed by atoms with E-state index < -0.39 is 117 Å². The molecule has 622 valence electrons. The van der Waals surface area contributed by atoms with Gasteiger partial charge in [-0.3, -0.25) is 38.4 Å². The molecule has 3 heterocycles. The molecule has 0 aromatic carbocycles. The van der Waals surface area contributed by atoms with Gasteiger partial charge in [-0.15, -0.1) is 0 Å². The van der Waals surface area contributed by atoms with Gasteiger partial charge >= 0.3 is 0 Å². The van der Waals surface area contributed by atoms with E-state index in [0.29, 0.717) is 77.0 Å². The molecule has 0 aromatic heterocycles. The van der Waals surface area contributed by atoms with Crippen molar-refractivity contribution >= 4 is 47.0 Å². The molecule has 0 aromatic rings. The van der Waals surface area contributed by atoms with Gasteiger partial charge in [-0.2, -0.15) is 0 Å². The van der Waals surface area contributed by atoms with Crippen LogP contribution in [0.1, 0.15) is 194 Å². The van der Waals surface area contributed by atoms with Crippen molar-refractivity contribution in [1.82, 2.24) is 31.9 Å². The Morgan fingerprint density at radius 1 is 0.308 bits per heavy atom. The number of carbonyl (C=O) groups is 8. The minimum absolute atomic E-state index is 0.00895. The lowest BCUT2D eigenvalue weighted by Crippen LogP contribution is -2.59. The van der Waals surface area contributed by atoms with Crippen LogP contribution < -0.4 is 31.9 Å². The fourth-order valence-corrected chi connectivity index (χ4v) is 11.6. The SMILES string of the molecule is CC(C)(C)C(=O)CCCCCCCCCCC(=O)NC(COCCC(=O)NCCCCC(=O)CCCCO[C@@H]1OC(CO)[C@@H](O)[C@H](O)C1O)(COCCC(=O)NCCCNC(=O)CCCCO[C@@H]1OC(CO)[C@@H](O)[C@H](O)C1O)COCCC(=O)NCCCNC(=O)CCCCO[C@@H]1OC(CO)[C@@H](O)[C@H](O)C1O. The molecule has 35 heteroatoms. The second-order valence-corrected chi connectivity index (χ2v) is 28.8. The van der Waals surface area contributed by atoms with Crippen molar-refractivity contribution in [1.29, 1.82) is 0 Å². The molecule has 107 heavy (non-hydrogen) atoms. The van der Waals surface area contributed by atoms with Crippen LogP contribution in [0, 0.1) is 5.41 Å². The topological polar surface area (TPSA) is 535 Å². The largest absolute Gasteiger partial charge is 0.394 e. The van der Waals surface area contributed by atoms with E-state index in [1.54, 1.807) is 0 Å². The minimum Gasteiger partial charge on any atom is -0.394 e. The van der Waals surface area contributed by atoms with Crippen molar-refractivity contribution in [3.63, 3.8) is 0 Å². The van der Waals surface area contributed by atoms with E-state index in [0.717, 1.165) is 44.9 Å². The van der Waals surface area contributed by atoms with E-state index in [2.05, 4.69) is 31.9 Å². The fourth-order valence-electron chi connectivity index (χ4n) is 11.6. The molecule has 3 rings (SSSR count). The van der Waals surface area contributed by atoms with Crippen molar-refractivity contribution in [3.05, 3.63) is 0 Å². The standard InChI is InChI=1S/C72H130N6O29/c1-71(2,3)52(83)24-10-8-6-4-5-7-9-11-27-58(89)78-72(45-99-39-28-55(86)73-31-16-12-22-48(82)23-13-17-36-102-68-65(96)62(93)59(90)49(42-79)105-68,46-100-40-29-56(87)76-34-20-32-74-53(84)25-14-18-37-103-69-66(97)63(94)60(91)50(43-80)106-69)47-101-41-30-57(88)77-35-21-33-75-54(85)26-15-19-38-104-70-67(98)64(95)61(92)51(44-81)107-70/h49-51,59-70,79-81,90-98H,4-47H2,1-3H3,(H,73,86)(H,74,84)(H,75,85)(H,76,87)(H,77,88)(H,78,89)/t49?,50?,51?,59-,60-,61-,62+,63+,64+,65?,66?,67?,68-,69-,70-,72?/m1/s1. The summed E-state index contributed by atoms with van der Waals surface area (Å²) in [5.74, 6) is -1.59. The number of rotatable bonds is 61. The molecule has 3 aliphatic rings. The van der Waals surface area contributed by atoms with Crippen molar-refractivity contribution in [2.75, 3.05) is 112 Å². The molecule has 0 saturated carbocycles. The number of hydrogen-bond acceptors (Lipinski definition) is 29. The van der Waals surface area contributed by atoms with Crippen LogP contribution >= 0.6 is 0 Å². The Kier molecular flexibility index (Phi) is 50.2. The maximum Gasteiger partial charge on any atom is 0.222 e. The molecular formula is C72H130N6O29. The first-order chi connectivity index (χ1) is 51.2. The first-order valence-corrected chi connectivity index (χ1v) is 38.4. The van der Waals surface area contributed by atoms with Crippen LogP contribution in [0.4, 0.5) is 0 Å². The smallest absolute Gasteiger partial charge is 0.222 e. The Hall–Kier alpha value is -4.68. The van der Waals surface area contributed by atoms with Gasteiger partial charge in [0.25, 0.3) is 0 Å². The molecule has 0 spiro atoms. The lowest BCUT2D eigenvalue weighted by Gasteiger charge is -2.39. The summed E-state index contributed by atoms with van der Waals surface area (Å²) in [6.45, 7) is 4.59. The van der Waals surface area contributed by atoms with Crippen molar-refractivity contribution in [2.45, 2.75) is 292 Å². The van der Waals surface area contributed by atoms with Gasteiger partial charge in [-0.05, 0) is 77.0 Å². The van der Waals surface area contributed by atoms with Crippen molar-refractivity contribution in [3.8, 4) is 0 Å². The van der Waals surface area contributed by atoms with Gasteiger partial charge in [0, 0.05) is 116 Å². The van der Waals surface area contributed by atoms with E-state index in [1.807, 2.05) is 20.8 Å². The molecule has 6 unspecified atom stereocenters. The van der Waals surface area contributed by atoms with E-state index in [1.165, 1.54) is 0 Å². The number of ether oxygens (including phenoxy) is 9. The Bertz CT molecular complexity index is 2270. The summed E-state index contributed by atoms with van der Waals surface area (Å²) in [6.07, 6.45) is -8.15. The highest BCUT2D eigenvalue weighted by molar-refractivity contribution is 5.83. The highest BCUT2D eigenvalue weighted by Gasteiger charge is 2.46. The highest BCUT2D eigenvalue weighted by atomic mass is 16.7. The van der Waals surface area contributed by atoms with Crippen molar-refractivity contribution < 1.29 is 142 Å². The number of ketones is 2. The van der Waals surface area contributed by atoms with E-state index >= 15 is 0 Å². The summed E-state index contributed by atoms with van der Waals surface area (Å²) >= 11 is 0. The maximum absolute atomic E-state index is 13.9. The fraction of sp³-hybridized carbons (Fsp3) is 0.889. The Balaban J connectivity index is 1.53. The summed E-state index contributed by atoms with van der Waals surface area (Å²) in [6, 6.07) is 0. The van der Waals surface area contributed by atoms with Gasteiger partial charge < -0.3 is 136 Å². The first-order valence-electron chi connectivity index (χ1n) is 38.4. The van der Waals surface area contributed by atoms with Crippen LogP contribution in [-0.4, -0.2) is 318 Å². The number of hydrogen-bond donors (Lipinski definition) is 18. The Morgan fingerprint density at radius 2 is 0.589 bits per heavy atom. The number of Topliss-reactive ketones (excluding diaryl/α,β-unsaturated/α-hetero) is 2. The van der Waals surface area contributed by atoms with E-state index in [4.69, 9.17) is 42.6 Å². The number of aliphatic hydroxyl groups excluding tert-OH is 12. The average molecular weight is 1540 g/mol. The average Bonchev–Trinajstić information content (AvgIpc) is 0.821. The van der Waals surface area contributed by atoms with Crippen LogP contribution in [0.2, 0.25) is 0 Å². The van der Waals surface area contributed by atoms with Crippen molar-refractivity contribution in [2.24, 2.45) is 5.41 Å². The second-order valence-electron chi connectivity index (χ2n) is 28.8. The van der Waals surface area contributed by atoms with Gasteiger partial charge in [-0.1, -0.05) is 59.3 Å². The predicted molar refractivity (Wildman–Crippen MR) is 382 cm³/mol. The number of unbranched alkanes of at least 4 members (excludes halogenated alkanes) is 11. The number of carbonyl (C=O) groups excluding carboxylic acids is 8. The zero-order chi connectivity index (χ0) is 79.0. The van der Waals surface area contributed by atoms with Gasteiger partial charge in [0.1, 0.15) is 90.4 Å². The Labute approximate surface area is 628 Å². The molecule has 3 fully saturated rings. The van der Waals surface area contributed by atoms with Gasteiger partial charge in [0.05, 0.1) is 59.5 Å². The quantitative estimate of drug-likeness (QED) is 0.0283. The summed E-state index contributed by atoms with van der Waals surface area (Å²) < 4.78 is 50.7. The lowest BCUT2D eigenvalue weighted by molar-refractivity contribution is -0.301. The van der Waals surface area contributed by atoms with Crippen LogP contribution in [0.15, 0.2) is 0 Å². The molecule has 0 radical (unpaired) electrons. The molecule has 6 amide bonds. The van der Waals surface area contributed by atoms with Gasteiger partial charge in [0.2, 0.25) is 35.4 Å². The van der Waals surface area contributed by atoms with Crippen LogP contribution in [0.25, 0.3) is 0 Å². The Morgan fingerprint density at radius 3 is 0.925 bits per heavy atom. The maximum atomic E-state index is 13.9. The summed E-state index contributed by atoms with van der Waals surface area (Å²) in [5.41, 5.74) is -1.74. The summed E-state index contributed by atoms with van der Waals surface area (Å²) in [4.78, 5) is 103. The lowest BCUT2D eigenvalue weighted by atomic mass is 9.88. The molecule has 0 bridgehead atoms. The van der Waals surface area contributed by atoms with Gasteiger partial charge in [-0.25, -0.2) is 0 Å². The molecule has 15 atom stereocenters. The number of aliphatic hydroxyl groups is 12.